The molecule has 3 N–H and O–H groups in total. The molecule has 0 aliphatic rings. The average molecular weight is 385 g/mol. The smallest absolute Gasteiger partial charge is 0.240 e. The Labute approximate surface area is 157 Å². The number of benzene rings is 1. The van der Waals surface area contributed by atoms with Gasteiger partial charge in [0.2, 0.25) is 10.0 Å². The third-order valence-electron chi connectivity index (χ3n) is 3.64. The Hall–Kier alpha value is -1.64. The average Bonchev–Trinajstić information content (AvgIpc) is 2.59. The van der Waals surface area contributed by atoms with Crippen LogP contribution in [0.5, 0.6) is 0 Å². The van der Waals surface area contributed by atoms with Crippen LogP contribution in [0.1, 0.15) is 25.8 Å². The molecule has 0 aliphatic heterocycles. The van der Waals surface area contributed by atoms with Crippen LogP contribution in [-0.4, -0.2) is 54.3 Å². The third-order valence-corrected chi connectivity index (χ3v) is 5.12. The molecule has 1 rings (SSSR count). The summed E-state index contributed by atoms with van der Waals surface area (Å²) in [5, 5.41) is 6.20. The van der Waals surface area contributed by atoms with Gasteiger partial charge in [0, 0.05) is 33.3 Å². The number of sulfonamides is 1. The fraction of sp³-hybridized carbons (Fsp3) is 0.611. The summed E-state index contributed by atoms with van der Waals surface area (Å²) in [6.45, 7) is 8.95. The second kappa shape index (κ2) is 11.9. The van der Waals surface area contributed by atoms with E-state index in [9.17, 15) is 8.42 Å². The number of guanidine groups is 1. The highest BCUT2D eigenvalue weighted by atomic mass is 32.2. The first-order chi connectivity index (χ1) is 12.3. The molecule has 0 spiro atoms. The standard InChI is InChI=1S/C18H32N4O3S/c1-15(2)9-13-25-14-12-21-18(19-4)20-10-11-22-26(23,24)17-7-5-16(3)6-8-17/h5-8,15,22H,9-14H2,1-4H3,(H2,19,20,21). The quantitative estimate of drug-likeness (QED) is 0.305. The van der Waals surface area contributed by atoms with Gasteiger partial charge in [0.25, 0.3) is 0 Å². The Kier molecular flexibility index (Phi) is 10.2. The van der Waals surface area contributed by atoms with E-state index in [1.165, 1.54) is 0 Å². The van der Waals surface area contributed by atoms with Gasteiger partial charge in [-0.3, -0.25) is 4.99 Å². The summed E-state index contributed by atoms with van der Waals surface area (Å²) in [6.07, 6.45) is 1.05. The van der Waals surface area contributed by atoms with E-state index >= 15 is 0 Å². The van der Waals surface area contributed by atoms with Crippen molar-refractivity contribution >= 4 is 16.0 Å². The van der Waals surface area contributed by atoms with Crippen molar-refractivity contribution in [1.29, 1.82) is 0 Å². The highest BCUT2D eigenvalue weighted by Gasteiger charge is 2.12. The van der Waals surface area contributed by atoms with Gasteiger partial charge < -0.3 is 15.4 Å². The number of ether oxygens (including phenoxy) is 1. The molecule has 0 unspecified atom stereocenters. The monoisotopic (exact) mass is 384 g/mol. The number of hydrogen-bond donors (Lipinski definition) is 3. The van der Waals surface area contributed by atoms with Crippen LogP contribution in [0.4, 0.5) is 0 Å². The summed E-state index contributed by atoms with van der Waals surface area (Å²) >= 11 is 0. The van der Waals surface area contributed by atoms with E-state index in [-0.39, 0.29) is 11.4 Å². The maximum Gasteiger partial charge on any atom is 0.240 e. The highest BCUT2D eigenvalue weighted by Crippen LogP contribution is 2.09. The van der Waals surface area contributed by atoms with Gasteiger partial charge in [0.15, 0.2) is 5.96 Å². The van der Waals surface area contributed by atoms with Crippen LogP contribution < -0.4 is 15.4 Å². The molecule has 0 saturated carbocycles. The lowest BCUT2D eigenvalue weighted by Crippen LogP contribution is -2.42. The van der Waals surface area contributed by atoms with Crippen molar-refractivity contribution in [2.45, 2.75) is 32.1 Å². The van der Waals surface area contributed by atoms with Gasteiger partial charge >= 0.3 is 0 Å². The third kappa shape index (κ3) is 9.17. The van der Waals surface area contributed by atoms with Crippen LogP contribution >= 0.6 is 0 Å². The molecule has 1 aromatic rings. The van der Waals surface area contributed by atoms with E-state index in [4.69, 9.17) is 4.74 Å². The van der Waals surface area contributed by atoms with Crippen LogP contribution in [-0.2, 0) is 14.8 Å². The van der Waals surface area contributed by atoms with Crippen molar-refractivity contribution in [2.75, 3.05) is 39.9 Å². The van der Waals surface area contributed by atoms with Gasteiger partial charge in [-0.05, 0) is 31.4 Å². The molecule has 8 heteroatoms. The van der Waals surface area contributed by atoms with Gasteiger partial charge in [-0.1, -0.05) is 31.5 Å². The van der Waals surface area contributed by atoms with Gasteiger partial charge in [0.05, 0.1) is 11.5 Å². The molecule has 0 bridgehead atoms. The minimum Gasteiger partial charge on any atom is -0.380 e. The summed E-state index contributed by atoms with van der Waals surface area (Å²) in [7, 11) is -1.81. The molecular formula is C18H32N4O3S. The number of hydrogen-bond acceptors (Lipinski definition) is 4. The van der Waals surface area contributed by atoms with Crippen molar-refractivity contribution in [2.24, 2.45) is 10.9 Å². The molecule has 0 amide bonds. The maximum absolute atomic E-state index is 12.2. The Bertz CT molecular complexity index is 643. The van der Waals surface area contributed by atoms with E-state index in [1.807, 2.05) is 6.92 Å². The first-order valence-corrected chi connectivity index (χ1v) is 10.4. The molecule has 7 nitrogen and oxygen atoms in total. The minimum absolute atomic E-state index is 0.266. The van der Waals surface area contributed by atoms with Crippen LogP contribution in [0, 0.1) is 12.8 Å². The Morgan fingerprint density at radius 1 is 1.08 bits per heavy atom. The second-order valence-corrected chi connectivity index (χ2v) is 8.20. The van der Waals surface area contributed by atoms with E-state index in [2.05, 4.69) is 34.2 Å². The first-order valence-electron chi connectivity index (χ1n) is 8.93. The van der Waals surface area contributed by atoms with Gasteiger partial charge in [-0.2, -0.15) is 0 Å². The van der Waals surface area contributed by atoms with Crippen LogP contribution in [0.15, 0.2) is 34.2 Å². The Morgan fingerprint density at radius 3 is 2.35 bits per heavy atom. The molecule has 26 heavy (non-hydrogen) atoms. The first kappa shape index (κ1) is 22.4. The van der Waals surface area contributed by atoms with Crippen molar-refractivity contribution in [3.05, 3.63) is 29.8 Å². The zero-order valence-electron chi connectivity index (χ0n) is 16.2. The van der Waals surface area contributed by atoms with Crippen LogP contribution in [0.3, 0.4) is 0 Å². The zero-order chi connectivity index (χ0) is 19.4. The molecule has 0 atom stereocenters. The highest BCUT2D eigenvalue weighted by molar-refractivity contribution is 7.89. The number of aliphatic imine (C=N–C) groups is 1. The van der Waals surface area contributed by atoms with Crippen molar-refractivity contribution in [3.63, 3.8) is 0 Å². The minimum atomic E-state index is -3.49. The van der Waals surface area contributed by atoms with E-state index in [0.29, 0.717) is 31.6 Å². The van der Waals surface area contributed by atoms with E-state index < -0.39 is 10.0 Å². The van der Waals surface area contributed by atoms with Gasteiger partial charge in [-0.25, -0.2) is 13.1 Å². The van der Waals surface area contributed by atoms with Gasteiger partial charge in [-0.15, -0.1) is 0 Å². The topological polar surface area (TPSA) is 91.8 Å². The Morgan fingerprint density at radius 2 is 1.73 bits per heavy atom. The SMILES string of the molecule is CN=C(NCCNS(=O)(=O)c1ccc(C)cc1)NCCOCCC(C)C. The van der Waals surface area contributed by atoms with E-state index in [1.54, 1.807) is 31.3 Å². The molecule has 0 aliphatic carbocycles. The number of rotatable bonds is 11. The molecule has 0 saturated heterocycles. The summed E-state index contributed by atoms with van der Waals surface area (Å²) in [5.74, 6) is 1.26. The molecule has 0 fully saturated rings. The fourth-order valence-electron chi connectivity index (χ4n) is 2.05. The van der Waals surface area contributed by atoms with Crippen molar-refractivity contribution in [3.8, 4) is 0 Å². The fourth-order valence-corrected chi connectivity index (χ4v) is 3.08. The van der Waals surface area contributed by atoms with Crippen LogP contribution in [0.25, 0.3) is 0 Å². The summed E-state index contributed by atoms with van der Waals surface area (Å²) < 4.78 is 32.5. The maximum atomic E-state index is 12.2. The molecule has 0 heterocycles. The molecule has 0 radical (unpaired) electrons. The van der Waals surface area contributed by atoms with E-state index in [0.717, 1.165) is 18.6 Å². The normalized spacial score (nSPS) is 12.4. The lowest BCUT2D eigenvalue weighted by atomic mass is 10.1. The van der Waals surface area contributed by atoms with Crippen molar-refractivity contribution < 1.29 is 13.2 Å². The largest absolute Gasteiger partial charge is 0.380 e. The zero-order valence-corrected chi connectivity index (χ0v) is 17.0. The molecule has 148 valence electrons. The predicted octanol–water partition coefficient (Wildman–Crippen LogP) is 1.50. The Balaban J connectivity index is 2.23. The number of nitrogens with one attached hydrogen (secondary N) is 3. The summed E-state index contributed by atoms with van der Waals surface area (Å²) in [5.41, 5.74) is 1.02. The lowest BCUT2D eigenvalue weighted by molar-refractivity contribution is 0.128. The van der Waals surface area contributed by atoms with Crippen molar-refractivity contribution in [1.82, 2.24) is 15.4 Å². The summed E-state index contributed by atoms with van der Waals surface area (Å²) in [6, 6.07) is 6.76. The number of nitrogens with zero attached hydrogens (tertiary/aromatic N) is 1. The van der Waals surface area contributed by atoms with Gasteiger partial charge in [0.1, 0.15) is 0 Å². The summed E-state index contributed by atoms with van der Waals surface area (Å²) in [4.78, 5) is 4.37. The number of aryl methyl sites for hydroxylation is 1. The van der Waals surface area contributed by atoms with Crippen LogP contribution in [0.2, 0.25) is 0 Å². The predicted molar refractivity (Wildman–Crippen MR) is 106 cm³/mol. The molecule has 1 aromatic carbocycles. The molecular weight excluding hydrogens is 352 g/mol. The lowest BCUT2D eigenvalue weighted by Gasteiger charge is -2.13. The second-order valence-electron chi connectivity index (χ2n) is 6.43. The molecule has 0 aromatic heterocycles.